The van der Waals surface area contributed by atoms with Crippen LogP contribution >= 0.6 is 0 Å². The standard InChI is InChI=1S/C52H35NO/c1-2-14-45(15-3-1)53(47-32-28-40(29-33-47)48-17-9-18-50-49-16-6-7-19-51(49)54-52(48)50)46-30-26-38(27-31-46)37-20-22-39(23-21-37)42-12-8-13-43(34-42)44-25-24-36-10-4-5-11-41(36)35-44/h1-35H. The van der Waals surface area contributed by atoms with Gasteiger partial charge < -0.3 is 9.32 Å². The van der Waals surface area contributed by atoms with Crippen LogP contribution in [0.1, 0.15) is 0 Å². The Labute approximate surface area is 314 Å². The fourth-order valence-corrected chi connectivity index (χ4v) is 7.69. The van der Waals surface area contributed by atoms with Gasteiger partial charge in [-0.25, -0.2) is 0 Å². The largest absolute Gasteiger partial charge is 0.455 e. The van der Waals surface area contributed by atoms with Crippen molar-refractivity contribution >= 4 is 49.8 Å². The molecule has 0 N–H and O–H groups in total. The molecular weight excluding hydrogens is 655 g/mol. The monoisotopic (exact) mass is 689 g/mol. The van der Waals surface area contributed by atoms with Crippen LogP contribution in [0.2, 0.25) is 0 Å². The van der Waals surface area contributed by atoms with E-state index < -0.39 is 0 Å². The summed E-state index contributed by atoms with van der Waals surface area (Å²) in [5.74, 6) is 0. The molecular formula is C52H35NO. The second kappa shape index (κ2) is 13.4. The SMILES string of the molecule is c1ccc(N(c2ccc(-c3ccc(-c4cccc(-c5ccc6ccccc6c5)c4)cc3)cc2)c2ccc(-c3cccc4c3oc3ccccc34)cc2)cc1. The van der Waals surface area contributed by atoms with Crippen LogP contribution in [-0.2, 0) is 0 Å². The average Bonchev–Trinajstić information content (AvgIpc) is 3.64. The van der Waals surface area contributed by atoms with Crippen molar-refractivity contribution in [3.63, 3.8) is 0 Å². The van der Waals surface area contributed by atoms with Crippen LogP contribution in [0.3, 0.4) is 0 Å². The molecule has 0 saturated heterocycles. The van der Waals surface area contributed by atoms with E-state index in [1.807, 2.05) is 12.1 Å². The molecule has 0 atom stereocenters. The number of nitrogens with zero attached hydrogens (tertiary/aromatic N) is 1. The lowest BCUT2D eigenvalue weighted by molar-refractivity contribution is 0.670. The zero-order chi connectivity index (χ0) is 35.8. The molecule has 1 aromatic heterocycles. The first-order valence-electron chi connectivity index (χ1n) is 18.4. The molecule has 0 aliphatic rings. The first-order chi connectivity index (χ1) is 26.7. The Morgan fingerprint density at radius 3 is 1.54 bits per heavy atom. The van der Waals surface area contributed by atoms with Crippen molar-refractivity contribution in [2.45, 2.75) is 0 Å². The molecule has 2 nitrogen and oxygen atoms in total. The van der Waals surface area contributed by atoms with E-state index in [0.717, 1.165) is 50.1 Å². The lowest BCUT2D eigenvalue weighted by atomic mass is 9.96. The summed E-state index contributed by atoms with van der Waals surface area (Å²) >= 11 is 0. The van der Waals surface area contributed by atoms with E-state index in [9.17, 15) is 0 Å². The number of para-hydroxylation sites is 3. The van der Waals surface area contributed by atoms with Crippen molar-refractivity contribution in [3.05, 3.63) is 212 Å². The van der Waals surface area contributed by atoms with Crippen LogP contribution in [0.4, 0.5) is 17.1 Å². The molecule has 0 fully saturated rings. The van der Waals surface area contributed by atoms with Gasteiger partial charge in [0.2, 0.25) is 0 Å². The van der Waals surface area contributed by atoms with Gasteiger partial charge in [0.25, 0.3) is 0 Å². The highest BCUT2D eigenvalue weighted by molar-refractivity contribution is 6.09. The predicted octanol–water partition coefficient (Wildman–Crippen LogP) is 14.9. The van der Waals surface area contributed by atoms with Crippen LogP contribution in [0, 0.1) is 0 Å². The van der Waals surface area contributed by atoms with Gasteiger partial charge in [0, 0.05) is 33.4 Å². The minimum atomic E-state index is 0.911. The number of hydrogen-bond donors (Lipinski definition) is 0. The van der Waals surface area contributed by atoms with Crippen molar-refractivity contribution in [1.29, 1.82) is 0 Å². The van der Waals surface area contributed by atoms with Gasteiger partial charge in [-0.1, -0.05) is 158 Å². The Bertz CT molecular complexity index is 2900. The minimum Gasteiger partial charge on any atom is -0.455 e. The van der Waals surface area contributed by atoms with Crippen molar-refractivity contribution in [3.8, 4) is 44.5 Å². The third-order valence-corrected chi connectivity index (χ3v) is 10.5. The van der Waals surface area contributed by atoms with Crippen LogP contribution in [0.5, 0.6) is 0 Å². The fraction of sp³-hybridized carbons (Fsp3) is 0. The summed E-state index contributed by atoms with van der Waals surface area (Å²) in [6.45, 7) is 0. The van der Waals surface area contributed by atoms with E-state index in [4.69, 9.17) is 4.42 Å². The van der Waals surface area contributed by atoms with E-state index in [1.165, 1.54) is 44.2 Å². The Morgan fingerprint density at radius 2 is 0.796 bits per heavy atom. The van der Waals surface area contributed by atoms with Crippen LogP contribution < -0.4 is 4.90 Å². The van der Waals surface area contributed by atoms with Crippen LogP contribution in [0.25, 0.3) is 77.2 Å². The van der Waals surface area contributed by atoms with Gasteiger partial charge in [-0.15, -0.1) is 0 Å². The van der Waals surface area contributed by atoms with Gasteiger partial charge in [-0.3, -0.25) is 0 Å². The summed E-state index contributed by atoms with van der Waals surface area (Å²) in [5, 5.41) is 4.80. The van der Waals surface area contributed by atoms with Crippen molar-refractivity contribution in [2.75, 3.05) is 4.90 Å². The fourth-order valence-electron chi connectivity index (χ4n) is 7.69. The maximum absolute atomic E-state index is 6.35. The molecule has 10 aromatic rings. The van der Waals surface area contributed by atoms with E-state index in [2.05, 4.69) is 205 Å². The highest BCUT2D eigenvalue weighted by atomic mass is 16.3. The third-order valence-electron chi connectivity index (χ3n) is 10.5. The molecule has 0 unspecified atom stereocenters. The van der Waals surface area contributed by atoms with Gasteiger partial charge in [-0.2, -0.15) is 0 Å². The van der Waals surface area contributed by atoms with Gasteiger partial charge in [0.1, 0.15) is 11.2 Å². The zero-order valence-electron chi connectivity index (χ0n) is 29.6. The summed E-state index contributed by atoms with van der Waals surface area (Å²) < 4.78 is 6.35. The van der Waals surface area contributed by atoms with Gasteiger partial charge in [0.15, 0.2) is 0 Å². The second-order valence-corrected chi connectivity index (χ2v) is 13.8. The Kier molecular flexibility index (Phi) is 7.85. The number of rotatable bonds is 7. The number of furan rings is 1. The summed E-state index contributed by atoms with van der Waals surface area (Å²) in [5.41, 5.74) is 14.6. The molecule has 9 aromatic carbocycles. The Balaban J connectivity index is 0.926. The molecule has 254 valence electrons. The van der Waals surface area contributed by atoms with Crippen molar-refractivity contribution in [1.82, 2.24) is 0 Å². The lowest BCUT2D eigenvalue weighted by Gasteiger charge is -2.26. The van der Waals surface area contributed by atoms with E-state index in [0.29, 0.717) is 0 Å². The molecule has 0 radical (unpaired) electrons. The van der Waals surface area contributed by atoms with Crippen molar-refractivity contribution < 1.29 is 4.42 Å². The Hall–Kier alpha value is -7.16. The second-order valence-electron chi connectivity index (χ2n) is 13.8. The zero-order valence-corrected chi connectivity index (χ0v) is 29.6. The molecule has 1 heterocycles. The predicted molar refractivity (Wildman–Crippen MR) is 228 cm³/mol. The molecule has 0 aliphatic heterocycles. The quantitative estimate of drug-likeness (QED) is 0.166. The van der Waals surface area contributed by atoms with Gasteiger partial charge in [0.05, 0.1) is 0 Å². The molecule has 0 spiro atoms. The highest BCUT2D eigenvalue weighted by Crippen LogP contribution is 2.39. The number of anilines is 3. The number of benzene rings is 9. The maximum atomic E-state index is 6.35. The molecule has 0 amide bonds. The number of hydrogen-bond acceptors (Lipinski definition) is 2. The van der Waals surface area contributed by atoms with Crippen molar-refractivity contribution in [2.24, 2.45) is 0 Å². The van der Waals surface area contributed by atoms with E-state index >= 15 is 0 Å². The third kappa shape index (κ3) is 5.81. The highest BCUT2D eigenvalue weighted by Gasteiger charge is 2.15. The first-order valence-corrected chi connectivity index (χ1v) is 18.4. The molecule has 2 heteroatoms. The van der Waals surface area contributed by atoms with Gasteiger partial charge >= 0.3 is 0 Å². The van der Waals surface area contributed by atoms with Crippen LogP contribution in [-0.4, -0.2) is 0 Å². The smallest absolute Gasteiger partial charge is 0.143 e. The molecule has 10 rings (SSSR count). The van der Waals surface area contributed by atoms with E-state index in [-0.39, 0.29) is 0 Å². The summed E-state index contributed by atoms with van der Waals surface area (Å²) in [7, 11) is 0. The average molecular weight is 690 g/mol. The molecule has 0 bridgehead atoms. The summed E-state index contributed by atoms with van der Waals surface area (Å²) in [6.07, 6.45) is 0. The maximum Gasteiger partial charge on any atom is 0.143 e. The Morgan fingerprint density at radius 1 is 0.296 bits per heavy atom. The topological polar surface area (TPSA) is 16.4 Å². The van der Waals surface area contributed by atoms with E-state index in [1.54, 1.807) is 0 Å². The normalized spacial score (nSPS) is 11.3. The minimum absolute atomic E-state index is 0.911. The van der Waals surface area contributed by atoms with Crippen LogP contribution in [0.15, 0.2) is 217 Å². The number of fused-ring (bicyclic) bond motifs is 4. The van der Waals surface area contributed by atoms with Gasteiger partial charge in [-0.05, 0) is 104 Å². The molecule has 0 aliphatic carbocycles. The summed E-state index contributed by atoms with van der Waals surface area (Å²) in [6, 6.07) is 75.8. The molecule has 54 heavy (non-hydrogen) atoms. The molecule has 0 saturated carbocycles. The lowest BCUT2D eigenvalue weighted by Crippen LogP contribution is -2.09. The first kappa shape index (κ1) is 31.6. The summed E-state index contributed by atoms with van der Waals surface area (Å²) in [4.78, 5) is 2.31.